The van der Waals surface area contributed by atoms with E-state index in [0.29, 0.717) is 11.1 Å². The molecule has 17 heavy (non-hydrogen) atoms. The standard InChI is InChI=1S/C13H8OS3/c14-13-9-5-1-3-7-11(9)17(15,16)12-8-4-2-6-10(12)13/h1-8H. The largest absolute Gasteiger partial charge is 0.289 e. The van der Waals surface area contributed by atoms with Crippen LogP contribution in [0.2, 0.25) is 0 Å². The summed E-state index contributed by atoms with van der Waals surface area (Å²) in [4.78, 5) is 14.0. The van der Waals surface area contributed by atoms with Gasteiger partial charge in [0.2, 0.25) is 0 Å². The van der Waals surface area contributed by atoms with Crippen molar-refractivity contribution in [3.8, 4) is 0 Å². The van der Waals surface area contributed by atoms with Crippen molar-refractivity contribution in [2.45, 2.75) is 9.79 Å². The van der Waals surface area contributed by atoms with E-state index in [9.17, 15) is 4.79 Å². The van der Waals surface area contributed by atoms with Crippen molar-refractivity contribution in [1.82, 2.24) is 0 Å². The molecule has 0 radical (unpaired) electrons. The number of rotatable bonds is 0. The fourth-order valence-electron chi connectivity index (χ4n) is 2.04. The van der Waals surface area contributed by atoms with Crippen molar-refractivity contribution >= 4 is 35.3 Å². The second-order valence-corrected chi connectivity index (χ2v) is 9.34. The normalized spacial score (nSPS) is 16.1. The summed E-state index contributed by atoms with van der Waals surface area (Å²) in [5, 5.41) is 0. The van der Waals surface area contributed by atoms with Crippen LogP contribution in [0.25, 0.3) is 0 Å². The van der Waals surface area contributed by atoms with Crippen LogP contribution in [0.3, 0.4) is 0 Å². The summed E-state index contributed by atoms with van der Waals surface area (Å²) in [6, 6.07) is 14.9. The molecule has 2 aromatic rings. The molecule has 4 heteroatoms. The van der Waals surface area contributed by atoms with E-state index >= 15 is 0 Å². The topological polar surface area (TPSA) is 17.1 Å². The minimum atomic E-state index is -1.89. The first-order valence-corrected chi connectivity index (χ1v) is 8.58. The third-order valence-electron chi connectivity index (χ3n) is 2.84. The predicted molar refractivity (Wildman–Crippen MR) is 74.9 cm³/mol. The summed E-state index contributed by atoms with van der Waals surface area (Å²) in [5.74, 6) is 0.0361. The number of carbonyl (C=O) groups is 1. The van der Waals surface area contributed by atoms with Crippen LogP contribution < -0.4 is 0 Å². The smallest absolute Gasteiger partial charge is 0.195 e. The summed E-state index contributed by atoms with van der Waals surface area (Å²) in [6.07, 6.45) is 0. The van der Waals surface area contributed by atoms with E-state index in [4.69, 9.17) is 22.4 Å². The maximum Gasteiger partial charge on any atom is 0.195 e. The molecule has 0 fully saturated rings. The summed E-state index contributed by atoms with van der Waals surface area (Å²) in [5.41, 5.74) is 1.34. The Morgan fingerprint density at radius 3 is 1.65 bits per heavy atom. The average Bonchev–Trinajstić information content (AvgIpc) is 2.37. The summed E-state index contributed by atoms with van der Waals surface area (Å²) >= 11 is 11.2. The van der Waals surface area contributed by atoms with Crippen molar-refractivity contribution in [2.24, 2.45) is 0 Å². The molecule has 1 aliphatic rings. The monoisotopic (exact) mass is 276 g/mol. The third kappa shape index (κ3) is 1.48. The molecule has 0 aliphatic carbocycles. The van der Waals surface area contributed by atoms with E-state index in [2.05, 4.69) is 0 Å². The highest BCUT2D eigenvalue weighted by molar-refractivity contribution is 8.56. The zero-order valence-corrected chi connectivity index (χ0v) is 11.2. The van der Waals surface area contributed by atoms with Crippen LogP contribution in [0, 0.1) is 0 Å². The SMILES string of the molecule is O=C1c2ccccc2S(=S)(=S)c2ccccc21. The molecule has 0 spiro atoms. The molecule has 0 saturated heterocycles. The van der Waals surface area contributed by atoms with Crippen LogP contribution >= 0.6 is 0 Å². The van der Waals surface area contributed by atoms with Crippen molar-refractivity contribution in [1.29, 1.82) is 0 Å². The molecule has 0 bridgehead atoms. The summed E-state index contributed by atoms with van der Waals surface area (Å²) in [7, 11) is -1.89. The minimum Gasteiger partial charge on any atom is -0.289 e. The van der Waals surface area contributed by atoms with Gasteiger partial charge in [-0.2, -0.15) is 0 Å². The lowest BCUT2D eigenvalue weighted by atomic mass is 10.0. The van der Waals surface area contributed by atoms with Crippen molar-refractivity contribution in [3.05, 3.63) is 59.7 Å². The van der Waals surface area contributed by atoms with Gasteiger partial charge in [0.05, 0.1) is 0 Å². The highest BCUT2D eigenvalue weighted by atomic mass is 33.1. The fourth-order valence-corrected chi connectivity index (χ4v) is 5.44. The van der Waals surface area contributed by atoms with Crippen LogP contribution in [0.4, 0.5) is 0 Å². The molecule has 0 aromatic heterocycles. The van der Waals surface area contributed by atoms with Gasteiger partial charge >= 0.3 is 0 Å². The fraction of sp³-hybridized carbons (Fsp3) is 0. The van der Waals surface area contributed by atoms with Gasteiger partial charge < -0.3 is 0 Å². The molecular formula is C13H8OS3. The van der Waals surface area contributed by atoms with Gasteiger partial charge in [0.1, 0.15) is 0 Å². The van der Waals surface area contributed by atoms with E-state index in [0.717, 1.165) is 9.79 Å². The first-order chi connectivity index (χ1) is 8.12. The molecule has 3 rings (SSSR count). The minimum absolute atomic E-state index is 0.0361. The van der Waals surface area contributed by atoms with Gasteiger partial charge in [-0.25, -0.2) is 0 Å². The highest BCUT2D eigenvalue weighted by Gasteiger charge is 2.28. The summed E-state index contributed by atoms with van der Waals surface area (Å²) < 4.78 is 0. The average molecular weight is 276 g/mol. The maximum absolute atomic E-state index is 12.3. The van der Waals surface area contributed by atoms with Gasteiger partial charge in [-0.15, -0.1) is 0 Å². The Hall–Kier alpha value is -1.10. The lowest BCUT2D eigenvalue weighted by Crippen LogP contribution is -2.18. The first-order valence-electron chi connectivity index (χ1n) is 5.10. The lowest BCUT2D eigenvalue weighted by molar-refractivity contribution is 0.103. The van der Waals surface area contributed by atoms with Gasteiger partial charge in [0, 0.05) is 20.9 Å². The Morgan fingerprint density at radius 1 is 0.765 bits per heavy atom. The Labute approximate surface area is 109 Å². The maximum atomic E-state index is 12.3. The Morgan fingerprint density at radius 2 is 1.18 bits per heavy atom. The molecule has 0 unspecified atom stereocenters. The van der Waals surface area contributed by atoms with Crippen LogP contribution in [0.5, 0.6) is 0 Å². The van der Waals surface area contributed by atoms with Gasteiger partial charge in [-0.3, -0.25) is 4.79 Å². The number of hydrogen-bond acceptors (Lipinski definition) is 3. The molecule has 1 aliphatic heterocycles. The van der Waals surface area contributed by atoms with Crippen LogP contribution in [0.1, 0.15) is 15.9 Å². The van der Waals surface area contributed by atoms with E-state index in [1.54, 1.807) is 0 Å². The Kier molecular flexibility index (Phi) is 2.40. The molecule has 1 nitrogen and oxygen atoms in total. The number of fused-ring (bicyclic) bond motifs is 2. The lowest BCUT2D eigenvalue weighted by Gasteiger charge is -2.22. The Balaban J connectivity index is 2.47. The predicted octanol–water partition coefficient (Wildman–Crippen LogP) is 2.73. The molecular weight excluding hydrogens is 268 g/mol. The first kappa shape index (κ1) is 11.0. The zero-order chi connectivity index (χ0) is 12.0. The van der Waals surface area contributed by atoms with Crippen molar-refractivity contribution < 1.29 is 4.79 Å². The second kappa shape index (κ2) is 3.70. The van der Waals surface area contributed by atoms with Crippen LogP contribution in [-0.4, -0.2) is 5.78 Å². The Bertz CT molecular complexity index is 674. The molecule has 2 aromatic carbocycles. The third-order valence-corrected chi connectivity index (χ3v) is 6.87. The highest BCUT2D eigenvalue weighted by Crippen LogP contribution is 2.34. The van der Waals surface area contributed by atoms with E-state index < -0.39 is 7.15 Å². The van der Waals surface area contributed by atoms with Crippen LogP contribution in [0.15, 0.2) is 58.3 Å². The van der Waals surface area contributed by atoms with Crippen molar-refractivity contribution in [2.75, 3.05) is 0 Å². The van der Waals surface area contributed by atoms with E-state index in [1.807, 2.05) is 48.5 Å². The molecule has 0 N–H and O–H groups in total. The zero-order valence-electron chi connectivity index (χ0n) is 8.75. The molecule has 0 atom stereocenters. The number of carbonyl (C=O) groups excluding carboxylic acids is 1. The van der Waals surface area contributed by atoms with Gasteiger partial charge in [0.25, 0.3) is 0 Å². The molecule has 0 saturated carbocycles. The van der Waals surface area contributed by atoms with Crippen LogP contribution in [-0.2, 0) is 29.5 Å². The van der Waals surface area contributed by atoms with Gasteiger partial charge in [-0.1, -0.05) is 24.3 Å². The molecule has 84 valence electrons. The number of hydrogen-bond donors (Lipinski definition) is 0. The van der Waals surface area contributed by atoms with Crippen molar-refractivity contribution in [3.63, 3.8) is 0 Å². The van der Waals surface area contributed by atoms with Gasteiger partial charge in [0.15, 0.2) is 5.78 Å². The number of benzene rings is 2. The van der Waals surface area contributed by atoms with E-state index in [1.165, 1.54) is 0 Å². The number of ketones is 1. The molecule has 0 amide bonds. The van der Waals surface area contributed by atoms with E-state index in [-0.39, 0.29) is 5.78 Å². The second-order valence-electron chi connectivity index (χ2n) is 3.82. The molecule has 1 heterocycles. The van der Waals surface area contributed by atoms with Gasteiger partial charge in [-0.05, 0) is 53.8 Å². The quantitative estimate of drug-likeness (QED) is 0.628. The summed E-state index contributed by atoms with van der Waals surface area (Å²) in [6.45, 7) is 0.